The predicted octanol–water partition coefficient (Wildman–Crippen LogP) is 2.43. The van der Waals surface area contributed by atoms with Gasteiger partial charge in [-0.15, -0.1) is 0 Å². The summed E-state index contributed by atoms with van der Waals surface area (Å²) in [5, 5.41) is 11.4. The van der Waals surface area contributed by atoms with Gasteiger partial charge in [0.2, 0.25) is 5.43 Å². The van der Waals surface area contributed by atoms with Crippen LogP contribution in [-0.4, -0.2) is 28.6 Å². The largest absolute Gasteiger partial charge is 0.488 e. The van der Waals surface area contributed by atoms with E-state index < -0.39 is 11.9 Å². The van der Waals surface area contributed by atoms with Crippen molar-refractivity contribution >= 4 is 17.6 Å². The van der Waals surface area contributed by atoms with Gasteiger partial charge < -0.3 is 20.1 Å². The van der Waals surface area contributed by atoms with Gasteiger partial charge in [-0.25, -0.2) is 0 Å². The number of anilines is 1. The molecule has 1 aromatic carbocycles. The molecule has 0 fully saturated rings. The molecule has 3 N–H and O–H groups in total. The van der Waals surface area contributed by atoms with Crippen molar-refractivity contribution in [2.24, 2.45) is 0 Å². The van der Waals surface area contributed by atoms with Gasteiger partial charge in [0, 0.05) is 18.0 Å². The van der Waals surface area contributed by atoms with E-state index in [1.807, 2.05) is 6.92 Å². The first-order valence-electron chi connectivity index (χ1n) is 7.97. The van der Waals surface area contributed by atoms with Gasteiger partial charge in [0.25, 0.3) is 5.91 Å². The number of aliphatic carboxylic acids is 1. The topological polar surface area (TPSA) is 108 Å². The third-order valence-corrected chi connectivity index (χ3v) is 3.44. The molecule has 0 aliphatic rings. The monoisotopic (exact) mass is 344 g/mol. The molecule has 0 unspecified atom stereocenters. The molecule has 0 spiro atoms. The van der Waals surface area contributed by atoms with Crippen LogP contribution in [0.1, 0.15) is 35.8 Å². The standard InChI is InChI=1S/C18H20N2O5/c1-2-3-8-25-16-11-19-14(10-15(16)21)18(24)20-13-6-4-12(5-7-13)9-17(22)23/h4-7,10-11H,2-3,8-9H2,1H3,(H,19,21)(H,20,24)(H,22,23). The quantitative estimate of drug-likeness (QED) is 0.637. The lowest BCUT2D eigenvalue weighted by Gasteiger charge is -2.08. The summed E-state index contributed by atoms with van der Waals surface area (Å²) in [7, 11) is 0. The zero-order chi connectivity index (χ0) is 18.2. The van der Waals surface area contributed by atoms with E-state index in [0.717, 1.165) is 12.8 Å². The minimum Gasteiger partial charge on any atom is -0.488 e. The van der Waals surface area contributed by atoms with Crippen LogP contribution in [0.2, 0.25) is 0 Å². The number of unbranched alkanes of at least 4 members (excludes halogenated alkanes) is 1. The summed E-state index contributed by atoms with van der Waals surface area (Å²) >= 11 is 0. The second-order valence-corrected chi connectivity index (χ2v) is 5.50. The molecule has 0 aliphatic heterocycles. The van der Waals surface area contributed by atoms with Crippen molar-refractivity contribution in [1.29, 1.82) is 0 Å². The molecular weight excluding hydrogens is 324 g/mol. The number of hydrogen-bond donors (Lipinski definition) is 3. The van der Waals surface area contributed by atoms with Crippen molar-refractivity contribution < 1.29 is 19.4 Å². The fourth-order valence-corrected chi connectivity index (χ4v) is 2.11. The fraction of sp³-hybridized carbons (Fsp3) is 0.278. The summed E-state index contributed by atoms with van der Waals surface area (Å²) in [6.07, 6.45) is 3.10. The number of hydrogen-bond acceptors (Lipinski definition) is 4. The van der Waals surface area contributed by atoms with Crippen molar-refractivity contribution in [2.45, 2.75) is 26.2 Å². The van der Waals surface area contributed by atoms with Crippen LogP contribution in [0, 0.1) is 0 Å². The Morgan fingerprint density at radius 1 is 1.24 bits per heavy atom. The number of rotatable bonds is 8. The molecule has 7 nitrogen and oxygen atoms in total. The third-order valence-electron chi connectivity index (χ3n) is 3.44. The number of ether oxygens (including phenoxy) is 1. The summed E-state index contributed by atoms with van der Waals surface area (Å²) in [4.78, 5) is 37.5. The van der Waals surface area contributed by atoms with E-state index in [4.69, 9.17) is 9.84 Å². The maximum Gasteiger partial charge on any atom is 0.307 e. The molecule has 1 aromatic heterocycles. The number of nitrogens with one attached hydrogen (secondary N) is 2. The lowest BCUT2D eigenvalue weighted by atomic mass is 10.1. The molecule has 0 radical (unpaired) electrons. The second kappa shape index (κ2) is 8.68. The number of amides is 1. The first-order chi connectivity index (χ1) is 12.0. The number of aromatic nitrogens is 1. The molecule has 0 saturated heterocycles. The molecule has 7 heteroatoms. The molecule has 0 bridgehead atoms. The normalized spacial score (nSPS) is 10.3. The van der Waals surface area contributed by atoms with Gasteiger partial charge in [0.05, 0.1) is 13.0 Å². The summed E-state index contributed by atoms with van der Waals surface area (Å²) in [6, 6.07) is 7.65. The molecular formula is C18H20N2O5. The molecule has 1 heterocycles. The average molecular weight is 344 g/mol. The smallest absolute Gasteiger partial charge is 0.307 e. The van der Waals surface area contributed by atoms with E-state index in [1.54, 1.807) is 24.3 Å². The van der Waals surface area contributed by atoms with Gasteiger partial charge >= 0.3 is 5.97 Å². The highest BCUT2D eigenvalue weighted by atomic mass is 16.5. The summed E-state index contributed by atoms with van der Waals surface area (Å²) < 4.78 is 5.35. The summed E-state index contributed by atoms with van der Waals surface area (Å²) in [6.45, 7) is 2.48. The van der Waals surface area contributed by atoms with Crippen molar-refractivity contribution in [3.05, 3.63) is 58.0 Å². The van der Waals surface area contributed by atoms with E-state index in [2.05, 4.69) is 10.3 Å². The van der Waals surface area contributed by atoms with Gasteiger partial charge in [-0.05, 0) is 24.1 Å². The van der Waals surface area contributed by atoms with Gasteiger partial charge in [-0.2, -0.15) is 0 Å². The lowest BCUT2D eigenvalue weighted by Crippen LogP contribution is -2.18. The Labute approximate surface area is 144 Å². The van der Waals surface area contributed by atoms with E-state index in [0.29, 0.717) is 17.9 Å². The third kappa shape index (κ3) is 5.49. The molecule has 132 valence electrons. The minimum absolute atomic E-state index is 0.0823. The lowest BCUT2D eigenvalue weighted by molar-refractivity contribution is -0.136. The van der Waals surface area contributed by atoms with Crippen molar-refractivity contribution in [2.75, 3.05) is 11.9 Å². The van der Waals surface area contributed by atoms with Crippen LogP contribution < -0.4 is 15.5 Å². The highest BCUT2D eigenvalue weighted by Crippen LogP contribution is 2.12. The van der Waals surface area contributed by atoms with Gasteiger partial charge in [-0.3, -0.25) is 14.4 Å². The maximum atomic E-state index is 12.2. The Bertz CT molecular complexity index is 796. The number of carbonyl (C=O) groups is 2. The Morgan fingerprint density at radius 2 is 1.96 bits per heavy atom. The van der Waals surface area contributed by atoms with Crippen molar-refractivity contribution in [3.63, 3.8) is 0 Å². The number of benzene rings is 1. The van der Waals surface area contributed by atoms with Crippen molar-refractivity contribution in [3.8, 4) is 5.75 Å². The number of H-pyrrole nitrogens is 1. The first kappa shape index (κ1) is 18.3. The average Bonchev–Trinajstić information content (AvgIpc) is 2.57. The van der Waals surface area contributed by atoms with E-state index in [-0.39, 0.29) is 23.3 Å². The van der Waals surface area contributed by atoms with Crippen LogP contribution in [0.15, 0.2) is 41.3 Å². The van der Waals surface area contributed by atoms with Crippen LogP contribution >= 0.6 is 0 Å². The maximum absolute atomic E-state index is 12.2. The van der Waals surface area contributed by atoms with Gasteiger partial charge in [0.15, 0.2) is 5.75 Å². The first-order valence-corrected chi connectivity index (χ1v) is 7.97. The zero-order valence-corrected chi connectivity index (χ0v) is 13.9. The van der Waals surface area contributed by atoms with Crippen LogP contribution in [0.4, 0.5) is 5.69 Å². The Balaban J connectivity index is 2.01. The zero-order valence-electron chi connectivity index (χ0n) is 13.9. The molecule has 0 aliphatic carbocycles. The van der Waals surface area contributed by atoms with E-state index in [1.165, 1.54) is 12.3 Å². The molecule has 2 aromatic rings. The molecule has 2 rings (SSSR count). The van der Waals surface area contributed by atoms with Crippen molar-refractivity contribution in [1.82, 2.24) is 4.98 Å². The highest BCUT2D eigenvalue weighted by molar-refractivity contribution is 6.02. The van der Waals surface area contributed by atoms with Crippen LogP contribution in [-0.2, 0) is 11.2 Å². The van der Waals surface area contributed by atoms with Crippen LogP contribution in [0.25, 0.3) is 0 Å². The number of pyridine rings is 1. The summed E-state index contributed by atoms with van der Waals surface area (Å²) in [5.41, 5.74) is 0.884. The Hall–Kier alpha value is -3.09. The van der Waals surface area contributed by atoms with E-state index >= 15 is 0 Å². The number of aromatic amines is 1. The number of carboxylic acid groups (broad SMARTS) is 1. The second-order valence-electron chi connectivity index (χ2n) is 5.50. The molecule has 0 saturated carbocycles. The minimum atomic E-state index is -0.921. The molecule has 0 atom stereocenters. The van der Waals surface area contributed by atoms with Gasteiger partial charge in [-0.1, -0.05) is 25.5 Å². The Kier molecular flexibility index (Phi) is 6.33. The SMILES string of the molecule is CCCCOc1c[nH]c(C(=O)Nc2ccc(CC(=O)O)cc2)cc1=O. The van der Waals surface area contributed by atoms with Gasteiger partial charge in [0.1, 0.15) is 5.69 Å². The Morgan fingerprint density at radius 3 is 2.56 bits per heavy atom. The van der Waals surface area contributed by atoms with Crippen LogP contribution in [0.5, 0.6) is 5.75 Å². The fourth-order valence-electron chi connectivity index (χ4n) is 2.11. The molecule has 1 amide bonds. The predicted molar refractivity (Wildman–Crippen MR) is 93.2 cm³/mol. The number of carboxylic acids is 1. The molecule has 25 heavy (non-hydrogen) atoms. The van der Waals surface area contributed by atoms with E-state index in [9.17, 15) is 14.4 Å². The highest BCUT2D eigenvalue weighted by Gasteiger charge is 2.10. The summed E-state index contributed by atoms with van der Waals surface area (Å²) in [5.74, 6) is -1.21. The van der Waals surface area contributed by atoms with Crippen LogP contribution in [0.3, 0.4) is 0 Å². The number of carbonyl (C=O) groups excluding carboxylic acids is 1.